The van der Waals surface area contributed by atoms with Crippen LogP contribution in [0.15, 0.2) is 54.7 Å². The van der Waals surface area contributed by atoms with Crippen molar-refractivity contribution in [3.63, 3.8) is 0 Å². The van der Waals surface area contributed by atoms with Crippen molar-refractivity contribution >= 4 is 40.7 Å². The molecule has 0 saturated heterocycles. The zero-order chi connectivity index (χ0) is 27.1. The Balaban J connectivity index is 2.06. The summed E-state index contributed by atoms with van der Waals surface area (Å²) in [4.78, 5) is 27.5. The normalized spacial score (nSPS) is 10.8. The molecule has 0 bridgehead atoms. The summed E-state index contributed by atoms with van der Waals surface area (Å²) < 4.78 is 6.58. The van der Waals surface area contributed by atoms with Gasteiger partial charge in [0.2, 0.25) is 0 Å². The Morgan fingerprint density at radius 2 is 1.70 bits per heavy atom. The van der Waals surface area contributed by atoms with Crippen molar-refractivity contribution in [2.24, 2.45) is 11.8 Å². The van der Waals surface area contributed by atoms with Gasteiger partial charge < -0.3 is 24.8 Å². The summed E-state index contributed by atoms with van der Waals surface area (Å²) in [6.45, 7) is 9.98. The number of nitriles is 1. The minimum atomic E-state index is -0.487. The van der Waals surface area contributed by atoms with Gasteiger partial charge in [-0.05, 0) is 60.4 Å². The van der Waals surface area contributed by atoms with E-state index in [1.807, 2.05) is 0 Å². The Morgan fingerprint density at radius 1 is 1.05 bits per heavy atom. The molecule has 194 valence electrons. The SMILES string of the molecule is COC(=O)c1cccn1-c1cc(Cl)c(N(CC(C)C)CC(C)C)c(NC(=O)Nc2ccc(C#N)cc2)c1. The Labute approximate surface area is 222 Å². The van der Waals surface area contributed by atoms with Gasteiger partial charge in [-0.1, -0.05) is 39.3 Å². The molecule has 0 atom stereocenters. The van der Waals surface area contributed by atoms with Crippen LogP contribution in [0, 0.1) is 23.2 Å². The predicted molar refractivity (Wildman–Crippen MR) is 148 cm³/mol. The minimum Gasteiger partial charge on any atom is -0.464 e. The number of benzene rings is 2. The number of amides is 2. The molecule has 0 aliphatic heterocycles. The van der Waals surface area contributed by atoms with Crippen LogP contribution in [0.3, 0.4) is 0 Å². The van der Waals surface area contributed by atoms with Crippen LogP contribution in [0.25, 0.3) is 5.69 Å². The second-order valence-electron chi connectivity index (χ2n) is 9.54. The van der Waals surface area contributed by atoms with Crippen LogP contribution < -0.4 is 15.5 Å². The fourth-order valence-electron chi connectivity index (χ4n) is 4.07. The van der Waals surface area contributed by atoms with E-state index in [1.165, 1.54) is 7.11 Å². The molecule has 1 heterocycles. The molecule has 0 spiro atoms. The number of rotatable bonds is 9. The summed E-state index contributed by atoms with van der Waals surface area (Å²) in [5.74, 6) is 0.217. The first-order chi connectivity index (χ1) is 17.6. The fourth-order valence-corrected chi connectivity index (χ4v) is 4.40. The van der Waals surface area contributed by atoms with E-state index in [0.29, 0.717) is 50.9 Å². The summed E-state index contributed by atoms with van der Waals surface area (Å²) in [7, 11) is 1.33. The van der Waals surface area contributed by atoms with Gasteiger partial charge in [-0.15, -0.1) is 0 Å². The van der Waals surface area contributed by atoms with Gasteiger partial charge in [0.05, 0.1) is 35.1 Å². The molecule has 0 aliphatic carbocycles. The molecular weight excluding hydrogens is 490 g/mol. The van der Waals surface area contributed by atoms with Crippen molar-refractivity contribution in [2.75, 3.05) is 35.7 Å². The molecule has 0 radical (unpaired) electrons. The molecule has 1 aromatic heterocycles. The number of nitrogens with zero attached hydrogens (tertiary/aromatic N) is 3. The van der Waals surface area contributed by atoms with Gasteiger partial charge >= 0.3 is 12.0 Å². The lowest BCUT2D eigenvalue weighted by Crippen LogP contribution is -2.33. The van der Waals surface area contributed by atoms with Crippen molar-refractivity contribution in [1.29, 1.82) is 5.26 Å². The van der Waals surface area contributed by atoms with E-state index in [9.17, 15) is 9.59 Å². The van der Waals surface area contributed by atoms with Crippen molar-refractivity contribution in [2.45, 2.75) is 27.7 Å². The molecule has 0 aliphatic rings. The minimum absolute atomic E-state index is 0.334. The Hall–Kier alpha value is -3.96. The number of aromatic nitrogens is 1. The van der Waals surface area contributed by atoms with Crippen LogP contribution >= 0.6 is 11.6 Å². The van der Waals surface area contributed by atoms with Crippen molar-refractivity contribution in [3.8, 4) is 11.8 Å². The quantitative estimate of drug-likeness (QED) is 0.311. The van der Waals surface area contributed by atoms with Crippen molar-refractivity contribution in [1.82, 2.24) is 4.57 Å². The van der Waals surface area contributed by atoms with E-state index in [4.69, 9.17) is 21.6 Å². The van der Waals surface area contributed by atoms with Crippen LogP contribution in [0.1, 0.15) is 43.7 Å². The zero-order valence-electron chi connectivity index (χ0n) is 21.7. The van der Waals surface area contributed by atoms with Gasteiger partial charge in [0.15, 0.2) is 0 Å². The maximum absolute atomic E-state index is 13.1. The maximum Gasteiger partial charge on any atom is 0.355 e. The van der Waals surface area contributed by atoms with Crippen LogP contribution in [0.5, 0.6) is 0 Å². The Morgan fingerprint density at radius 3 is 2.27 bits per heavy atom. The summed E-state index contributed by atoms with van der Waals surface area (Å²) in [6.07, 6.45) is 1.73. The number of nitrogens with one attached hydrogen (secondary N) is 2. The molecule has 2 amide bonds. The van der Waals surface area contributed by atoms with Crippen molar-refractivity contribution in [3.05, 3.63) is 71.0 Å². The van der Waals surface area contributed by atoms with E-state index < -0.39 is 12.0 Å². The molecule has 0 fully saturated rings. The van der Waals surface area contributed by atoms with Crippen LogP contribution in [-0.4, -0.2) is 36.8 Å². The highest BCUT2D eigenvalue weighted by Crippen LogP contribution is 2.38. The van der Waals surface area contributed by atoms with Crippen molar-refractivity contribution < 1.29 is 14.3 Å². The molecule has 8 nitrogen and oxygen atoms in total. The smallest absolute Gasteiger partial charge is 0.355 e. The van der Waals surface area contributed by atoms with Crippen LogP contribution in [0.2, 0.25) is 5.02 Å². The Kier molecular flexibility index (Phi) is 9.20. The predicted octanol–water partition coefficient (Wildman–Crippen LogP) is 6.55. The van der Waals surface area contributed by atoms with Gasteiger partial charge in [0.25, 0.3) is 0 Å². The average Bonchev–Trinajstić information content (AvgIpc) is 3.33. The van der Waals surface area contributed by atoms with E-state index in [2.05, 4.69) is 49.3 Å². The van der Waals surface area contributed by atoms with Gasteiger partial charge in [-0.25, -0.2) is 9.59 Å². The highest BCUT2D eigenvalue weighted by atomic mass is 35.5. The molecular formula is C28H32ClN5O3. The fraction of sp³-hybridized carbons (Fsp3) is 0.321. The highest BCUT2D eigenvalue weighted by Gasteiger charge is 2.22. The second kappa shape index (κ2) is 12.3. The first kappa shape index (κ1) is 27.6. The molecule has 0 saturated carbocycles. The molecule has 0 unspecified atom stereocenters. The lowest BCUT2D eigenvalue weighted by molar-refractivity contribution is 0.0591. The number of anilines is 3. The monoisotopic (exact) mass is 521 g/mol. The molecule has 37 heavy (non-hydrogen) atoms. The molecule has 3 rings (SSSR count). The van der Waals surface area contributed by atoms with Crippen LogP contribution in [0.4, 0.5) is 21.9 Å². The average molecular weight is 522 g/mol. The third-order valence-corrected chi connectivity index (χ3v) is 5.77. The van der Waals surface area contributed by atoms with Gasteiger partial charge in [-0.2, -0.15) is 5.26 Å². The molecule has 9 heteroatoms. The standard InChI is InChI=1S/C28H32ClN5O3/c1-18(2)16-33(17-19(3)4)26-23(29)13-22(34-12-6-7-25(34)27(35)37-5)14-24(26)32-28(36)31-21-10-8-20(15-30)9-11-21/h6-14,18-19H,16-17H2,1-5H3,(H2,31,32,36). The number of ether oxygens (including phenoxy) is 1. The number of halogens is 1. The summed E-state index contributed by atoms with van der Waals surface area (Å²) in [6, 6.07) is 15.1. The first-order valence-electron chi connectivity index (χ1n) is 12.1. The molecule has 2 aromatic carbocycles. The van der Waals surface area contributed by atoms with Gasteiger partial charge in [0.1, 0.15) is 5.69 Å². The summed E-state index contributed by atoms with van der Waals surface area (Å²) in [5.41, 5.74) is 3.18. The van der Waals surface area contributed by atoms with E-state index >= 15 is 0 Å². The van der Waals surface area contributed by atoms with Gasteiger partial charge in [-0.3, -0.25) is 0 Å². The number of carbonyl (C=O) groups excluding carboxylic acids is 2. The number of urea groups is 1. The third kappa shape index (κ3) is 7.05. The summed E-state index contributed by atoms with van der Waals surface area (Å²) in [5, 5.41) is 15.2. The molecule has 2 N–H and O–H groups in total. The maximum atomic E-state index is 13.1. The van der Waals surface area contributed by atoms with Gasteiger partial charge in [0, 0.05) is 30.7 Å². The van der Waals surface area contributed by atoms with E-state index in [0.717, 1.165) is 13.1 Å². The number of hydrogen-bond acceptors (Lipinski definition) is 5. The van der Waals surface area contributed by atoms with Crippen LogP contribution in [-0.2, 0) is 4.74 Å². The summed E-state index contributed by atoms with van der Waals surface area (Å²) >= 11 is 6.88. The second-order valence-corrected chi connectivity index (χ2v) is 9.95. The highest BCUT2D eigenvalue weighted by molar-refractivity contribution is 6.34. The lowest BCUT2D eigenvalue weighted by atomic mass is 10.1. The largest absolute Gasteiger partial charge is 0.464 e. The van der Waals surface area contributed by atoms with E-state index in [1.54, 1.807) is 59.3 Å². The topological polar surface area (TPSA) is 99.4 Å². The first-order valence-corrected chi connectivity index (χ1v) is 12.4. The number of esters is 1. The number of hydrogen-bond donors (Lipinski definition) is 2. The zero-order valence-corrected chi connectivity index (χ0v) is 22.5. The third-order valence-electron chi connectivity index (χ3n) is 5.48. The number of carbonyl (C=O) groups is 2. The lowest BCUT2D eigenvalue weighted by Gasteiger charge is -2.31. The number of methoxy groups -OCH3 is 1. The Bertz CT molecular complexity index is 1280. The van der Waals surface area contributed by atoms with E-state index in [-0.39, 0.29) is 0 Å². The molecule has 3 aromatic rings.